The highest BCUT2D eigenvalue weighted by Gasteiger charge is 2.22. The van der Waals surface area contributed by atoms with Crippen LogP contribution in [0.3, 0.4) is 0 Å². The number of carbonyl (C=O) groups is 1. The summed E-state index contributed by atoms with van der Waals surface area (Å²) in [5, 5.41) is 11.2. The van der Waals surface area contributed by atoms with Gasteiger partial charge >= 0.3 is 12.6 Å². The van der Waals surface area contributed by atoms with E-state index in [9.17, 15) is 23.7 Å². The Bertz CT molecular complexity index is 861. The van der Waals surface area contributed by atoms with Crippen molar-refractivity contribution >= 4 is 23.4 Å². The molecular weight excluding hydrogens is 408 g/mol. The van der Waals surface area contributed by atoms with Gasteiger partial charge in [0.25, 0.3) is 5.69 Å². The van der Waals surface area contributed by atoms with E-state index in [1.165, 1.54) is 18.9 Å². The molecule has 0 amide bonds. The minimum Gasteiger partial charge on any atom is -0.493 e. The number of nitro benzene ring substituents is 1. The standard InChI is InChI=1S/C19H19F2NO6S/c1-12-3-5-14(6-4-12)29-8-7-18(23)27-11-13-9-16(26-2)17(28-19(20)21)10-15(13)22(24)25/h3-6,9-10,19H,7-8,11H2,1-2H3. The molecule has 2 aromatic carbocycles. The summed E-state index contributed by atoms with van der Waals surface area (Å²) in [5.74, 6) is -0.657. The van der Waals surface area contributed by atoms with Crippen molar-refractivity contribution in [1.29, 1.82) is 0 Å². The lowest BCUT2D eigenvalue weighted by atomic mass is 10.1. The lowest BCUT2D eigenvalue weighted by Crippen LogP contribution is -2.09. The number of rotatable bonds is 10. The third kappa shape index (κ3) is 6.90. The fourth-order valence-corrected chi connectivity index (χ4v) is 3.17. The monoisotopic (exact) mass is 427 g/mol. The number of nitro groups is 1. The number of thioether (sulfide) groups is 1. The summed E-state index contributed by atoms with van der Waals surface area (Å²) in [5.41, 5.74) is 0.632. The van der Waals surface area contributed by atoms with Gasteiger partial charge in [0.05, 0.1) is 30.1 Å². The molecular formula is C19H19F2NO6S. The summed E-state index contributed by atoms with van der Waals surface area (Å²) in [6.45, 7) is -1.58. The normalized spacial score (nSPS) is 10.7. The van der Waals surface area contributed by atoms with E-state index in [2.05, 4.69) is 4.74 Å². The number of alkyl halides is 2. The van der Waals surface area contributed by atoms with Crippen molar-refractivity contribution in [2.45, 2.75) is 31.5 Å². The number of methoxy groups -OCH3 is 1. The highest BCUT2D eigenvalue weighted by molar-refractivity contribution is 7.99. The van der Waals surface area contributed by atoms with Gasteiger partial charge in [-0.05, 0) is 25.1 Å². The van der Waals surface area contributed by atoms with Crippen molar-refractivity contribution in [2.75, 3.05) is 12.9 Å². The van der Waals surface area contributed by atoms with Crippen LogP contribution in [0.2, 0.25) is 0 Å². The van der Waals surface area contributed by atoms with Gasteiger partial charge in [0.15, 0.2) is 11.5 Å². The van der Waals surface area contributed by atoms with E-state index < -0.39 is 35.5 Å². The number of aryl methyl sites for hydroxylation is 1. The van der Waals surface area contributed by atoms with Gasteiger partial charge in [-0.1, -0.05) is 17.7 Å². The molecule has 0 saturated carbocycles. The fraction of sp³-hybridized carbons (Fsp3) is 0.316. The number of carbonyl (C=O) groups excluding carboxylic acids is 1. The van der Waals surface area contributed by atoms with Crippen molar-refractivity contribution < 1.29 is 32.7 Å². The smallest absolute Gasteiger partial charge is 0.387 e. The van der Waals surface area contributed by atoms with Gasteiger partial charge in [-0.3, -0.25) is 14.9 Å². The second-order valence-electron chi connectivity index (χ2n) is 5.84. The number of ether oxygens (including phenoxy) is 3. The van der Waals surface area contributed by atoms with Crippen molar-refractivity contribution in [1.82, 2.24) is 0 Å². The highest BCUT2D eigenvalue weighted by Crippen LogP contribution is 2.36. The molecule has 0 saturated heterocycles. The average Bonchev–Trinajstić information content (AvgIpc) is 2.67. The molecule has 0 radical (unpaired) electrons. The van der Waals surface area contributed by atoms with Gasteiger partial charge in [-0.25, -0.2) is 0 Å². The Balaban J connectivity index is 1.98. The van der Waals surface area contributed by atoms with E-state index >= 15 is 0 Å². The molecule has 0 heterocycles. The Morgan fingerprint density at radius 2 is 1.90 bits per heavy atom. The van der Waals surface area contributed by atoms with E-state index in [-0.39, 0.29) is 17.7 Å². The molecule has 2 rings (SSSR count). The van der Waals surface area contributed by atoms with Crippen LogP contribution in [0.5, 0.6) is 11.5 Å². The molecule has 0 aliphatic carbocycles. The predicted molar refractivity (Wildman–Crippen MR) is 103 cm³/mol. The van der Waals surface area contributed by atoms with Crippen LogP contribution in [-0.2, 0) is 16.1 Å². The topological polar surface area (TPSA) is 87.9 Å². The third-order valence-corrected chi connectivity index (χ3v) is 4.78. The highest BCUT2D eigenvalue weighted by atomic mass is 32.2. The molecule has 0 N–H and O–H groups in total. The molecule has 0 aliphatic heterocycles. The number of halogens is 2. The Morgan fingerprint density at radius 3 is 2.48 bits per heavy atom. The van der Waals surface area contributed by atoms with Crippen molar-refractivity contribution in [2.24, 2.45) is 0 Å². The molecule has 0 atom stereocenters. The Morgan fingerprint density at radius 1 is 1.21 bits per heavy atom. The van der Waals surface area contributed by atoms with Crippen LogP contribution < -0.4 is 9.47 Å². The molecule has 0 unspecified atom stereocenters. The van der Waals surface area contributed by atoms with Crippen molar-refractivity contribution in [3.63, 3.8) is 0 Å². The van der Waals surface area contributed by atoms with E-state index in [1.54, 1.807) is 0 Å². The maximum Gasteiger partial charge on any atom is 0.387 e. The second kappa shape index (κ2) is 10.6. The van der Waals surface area contributed by atoms with Gasteiger partial charge < -0.3 is 14.2 Å². The Labute approximate surface area is 170 Å². The van der Waals surface area contributed by atoms with E-state index in [0.717, 1.165) is 22.6 Å². The fourth-order valence-electron chi connectivity index (χ4n) is 2.34. The van der Waals surface area contributed by atoms with E-state index in [1.807, 2.05) is 31.2 Å². The van der Waals surface area contributed by atoms with Crippen LogP contribution in [0.15, 0.2) is 41.3 Å². The van der Waals surface area contributed by atoms with Crippen molar-refractivity contribution in [3.8, 4) is 11.5 Å². The van der Waals surface area contributed by atoms with Crippen LogP contribution in [0.4, 0.5) is 14.5 Å². The van der Waals surface area contributed by atoms with Crippen LogP contribution in [0.25, 0.3) is 0 Å². The first kappa shape index (κ1) is 22.4. The summed E-state index contributed by atoms with van der Waals surface area (Å²) in [6.07, 6.45) is 0.107. The average molecular weight is 427 g/mol. The molecule has 29 heavy (non-hydrogen) atoms. The molecule has 7 nitrogen and oxygen atoms in total. The number of hydrogen-bond acceptors (Lipinski definition) is 7. The van der Waals surface area contributed by atoms with Gasteiger partial charge in [-0.2, -0.15) is 8.78 Å². The van der Waals surface area contributed by atoms with E-state index in [0.29, 0.717) is 5.75 Å². The molecule has 2 aromatic rings. The van der Waals surface area contributed by atoms with Crippen LogP contribution in [0.1, 0.15) is 17.5 Å². The van der Waals surface area contributed by atoms with Crippen molar-refractivity contribution in [3.05, 3.63) is 57.6 Å². The molecule has 0 bridgehead atoms. The maximum atomic E-state index is 12.5. The lowest BCUT2D eigenvalue weighted by molar-refractivity contribution is -0.386. The maximum absolute atomic E-state index is 12.5. The van der Waals surface area contributed by atoms with E-state index in [4.69, 9.17) is 9.47 Å². The minimum atomic E-state index is -3.17. The van der Waals surface area contributed by atoms with Gasteiger partial charge in [0.2, 0.25) is 0 Å². The second-order valence-corrected chi connectivity index (χ2v) is 7.01. The van der Waals surface area contributed by atoms with Crippen LogP contribution >= 0.6 is 11.8 Å². The molecule has 0 aromatic heterocycles. The van der Waals surface area contributed by atoms with Gasteiger partial charge in [0.1, 0.15) is 6.61 Å². The zero-order valence-corrected chi connectivity index (χ0v) is 16.5. The van der Waals surface area contributed by atoms with Crippen LogP contribution in [0, 0.1) is 17.0 Å². The summed E-state index contributed by atoms with van der Waals surface area (Å²) >= 11 is 1.48. The zero-order chi connectivity index (χ0) is 21.4. The molecule has 156 valence electrons. The quantitative estimate of drug-likeness (QED) is 0.234. The first-order chi connectivity index (χ1) is 13.8. The molecule has 0 aliphatic rings. The summed E-state index contributed by atoms with van der Waals surface area (Å²) in [6, 6.07) is 9.79. The Hall–Kier alpha value is -2.88. The van der Waals surface area contributed by atoms with Gasteiger partial charge in [0, 0.05) is 10.6 Å². The first-order valence-corrected chi connectivity index (χ1v) is 9.44. The predicted octanol–water partition coefficient (Wildman–Crippen LogP) is 4.74. The number of hydrogen-bond donors (Lipinski definition) is 0. The largest absolute Gasteiger partial charge is 0.493 e. The summed E-state index contributed by atoms with van der Waals surface area (Å²) < 4.78 is 39.2. The van der Waals surface area contributed by atoms with Crippen LogP contribution in [-0.4, -0.2) is 30.4 Å². The van der Waals surface area contributed by atoms with Gasteiger partial charge in [-0.15, -0.1) is 11.8 Å². The molecule has 0 fully saturated rings. The summed E-state index contributed by atoms with van der Waals surface area (Å²) in [7, 11) is 1.21. The molecule has 0 spiro atoms. The number of nitrogens with zero attached hydrogens (tertiary/aromatic N) is 1. The third-order valence-electron chi connectivity index (χ3n) is 3.76. The zero-order valence-electron chi connectivity index (χ0n) is 15.7. The molecule has 10 heteroatoms. The number of esters is 1. The lowest BCUT2D eigenvalue weighted by Gasteiger charge is -2.12. The minimum absolute atomic E-state index is 0.00741. The number of benzene rings is 2. The first-order valence-electron chi connectivity index (χ1n) is 8.45. The SMILES string of the molecule is COc1cc(COC(=O)CCSc2ccc(C)cc2)c([N+](=O)[O-])cc1OC(F)F. The summed E-state index contributed by atoms with van der Waals surface area (Å²) in [4.78, 5) is 23.4. The Kier molecular flexibility index (Phi) is 8.20.